The molecule has 108 valence electrons. The van der Waals surface area contributed by atoms with E-state index in [4.69, 9.17) is 5.73 Å². The molecule has 21 heavy (non-hydrogen) atoms. The molecule has 2 aromatic rings. The third-order valence-electron chi connectivity index (χ3n) is 2.78. The van der Waals surface area contributed by atoms with Crippen molar-refractivity contribution in [3.63, 3.8) is 0 Å². The van der Waals surface area contributed by atoms with Gasteiger partial charge in [-0.15, -0.1) is 0 Å². The maximum absolute atomic E-state index is 12.1. The molecule has 0 spiro atoms. The number of hydrogen-bond acceptors (Lipinski definition) is 4. The van der Waals surface area contributed by atoms with Gasteiger partial charge >= 0.3 is 0 Å². The summed E-state index contributed by atoms with van der Waals surface area (Å²) in [5.41, 5.74) is 6.26. The van der Waals surface area contributed by atoms with E-state index in [0.29, 0.717) is 17.8 Å². The van der Waals surface area contributed by atoms with Crippen molar-refractivity contribution in [3.05, 3.63) is 47.8 Å². The Bertz CT molecular complexity index is 640. The largest absolute Gasteiger partial charge is 0.351 e. The van der Waals surface area contributed by atoms with Crippen molar-refractivity contribution in [2.24, 2.45) is 5.73 Å². The first-order chi connectivity index (χ1) is 10.3. The molecule has 6 heteroatoms. The van der Waals surface area contributed by atoms with Crippen LogP contribution >= 0.6 is 0 Å². The number of amides is 1. The predicted octanol–water partition coefficient (Wildman–Crippen LogP) is 0.477. The normalized spacial score (nSPS) is 9.76. The molecule has 0 aliphatic rings. The van der Waals surface area contributed by atoms with Crippen LogP contribution in [0.2, 0.25) is 0 Å². The molecular weight excluding hydrogens is 266 g/mol. The summed E-state index contributed by atoms with van der Waals surface area (Å²) in [7, 11) is 0. The van der Waals surface area contributed by atoms with E-state index in [1.807, 2.05) is 0 Å². The van der Waals surface area contributed by atoms with Crippen LogP contribution in [0.4, 0.5) is 0 Å². The minimum Gasteiger partial charge on any atom is -0.351 e. The Morgan fingerprint density at radius 1 is 1.38 bits per heavy atom. The molecule has 2 rings (SSSR count). The predicted molar refractivity (Wildman–Crippen MR) is 79.4 cm³/mol. The topological polar surface area (TPSA) is 96.7 Å². The highest BCUT2D eigenvalue weighted by Crippen LogP contribution is 2.03. The fourth-order valence-electron chi connectivity index (χ4n) is 1.81. The molecule has 0 bridgehead atoms. The number of H-pyrrole nitrogens is 1. The van der Waals surface area contributed by atoms with Gasteiger partial charge in [-0.05, 0) is 18.6 Å². The Morgan fingerprint density at radius 2 is 2.29 bits per heavy atom. The Balaban J connectivity index is 1.88. The quantitative estimate of drug-likeness (QED) is 0.549. The molecular formula is C15H17N5O. The number of aryl methyl sites for hydroxylation is 1. The van der Waals surface area contributed by atoms with Crippen molar-refractivity contribution >= 4 is 5.91 Å². The number of aromatic nitrogens is 3. The molecule has 0 fully saturated rings. The highest BCUT2D eigenvalue weighted by molar-refractivity contribution is 5.94. The molecule has 0 saturated heterocycles. The Labute approximate surface area is 123 Å². The number of nitrogens with zero attached hydrogens (tertiary/aromatic N) is 2. The molecule has 4 N–H and O–H groups in total. The molecule has 0 unspecified atom stereocenters. The van der Waals surface area contributed by atoms with Gasteiger partial charge in [0.25, 0.3) is 5.91 Å². The van der Waals surface area contributed by atoms with E-state index in [9.17, 15) is 4.79 Å². The third-order valence-corrected chi connectivity index (χ3v) is 2.78. The smallest absolute Gasteiger partial charge is 0.271 e. The van der Waals surface area contributed by atoms with Gasteiger partial charge in [0.2, 0.25) is 0 Å². The molecule has 0 saturated carbocycles. The van der Waals surface area contributed by atoms with E-state index in [-0.39, 0.29) is 12.5 Å². The van der Waals surface area contributed by atoms with Crippen molar-refractivity contribution in [1.29, 1.82) is 0 Å². The summed E-state index contributed by atoms with van der Waals surface area (Å²) in [5.74, 6) is 6.27. The zero-order valence-corrected chi connectivity index (χ0v) is 11.6. The van der Waals surface area contributed by atoms with Crippen LogP contribution in [0.15, 0.2) is 30.7 Å². The SMILES string of the molecule is NCC#Cc1cccnc1C(=O)NCCCc1ncc[nH]1. The third kappa shape index (κ3) is 4.44. The minimum atomic E-state index is -0.226. The number of carbonyl (C=O) groups is 1. The number of nitrogens with one attached hydrogen (secondary N) is 2. The number of nitrogens with two attached hydrogens (primary N) is 1. The molecule has 0 atom stereocenters. The summed E-state index contributed by atoms with van der Waals surface area (Å²) in [6.07, 6.45) is 6.66. The van der Waals surface area contributed by atoms with Crippen molar-refractivity contribution in [1.82, 2.24) is 20.3 Å². The second kappa shape index (κ2) is 7.82. The van der Waals surface area contributed by atoms with Crippen LogP contribution in [-0.2, 0) is 6.42 Å². The zero-order valence-electron chi connectivity index (χ0n) is 11.6. The van der Waals surface area contributed by atoms with Crippen LogP contribution < -0.4 is 11.1 Å². The van der Waals surface area contributed by atoms with Gasteiger partial charge in [-0.25, -0.2) is 9.97 Å². The van der Waals surface area contributed by atoms with Gasteiger partial charge in [0.15, 0.2) is 0 Å². The van der Waals surface area contributed by atoms with E-state index in [2.05, 4.69) is 32.1 Å². The van der Waals surface area contributed by atoms with Crippen molar-refractivity contribution < 1.29 is 4.79 Å². The van der Waals surface area contributed by atoms with Crippen LogP contribution in [0.5, 0.6) is 0 Å². The Morgan fingerprint density at radius 3 is 3.05 bits per heavy atom. The van der Waals surface area contributed by atoms with E-state index in [0.717, 1.165) is 18.7 Å². The van der Waals surface area contributed by atoms with Crippen molar-refractivity contribution in [2.45, 2.75) is 12.8 Å². The first-order valence-electron chi connectivity index (χ1n) is 6.71. The molecule has 2 heterocycles. The van der Waals surface area contributed by atoms with Gasteiger partial charge in [0.1, 0.15) is 11.5 Å². The highest BCUT2D eigenvalue weighted by Gasteiger charge is 2.10. The Hall–Kier alpha value is -2.65. The van der Waals surface area contributed by atoms with Gasteiger partial charge in [0.05, 0.1) is 12.1 Å². The van der Waals surface area contributed by atoms with Gasteiger partial charge in [-0.3, -0.25) is 4.79 Å². The summed E-state index contributed by atoms with van der Waals surface area (Å²) in [5, 5.41) is 2.84. The van der Waals surface area contributed by atoms with E-state index in [1.165, 1.54) is 0 Å². The molecule has 0 aliphatic carbocycles. The van der Waals surface area contributed by atoms with Crippen LogP contribution in [0, 0.1) is 11.8 Å². The van der Waals surface area contributed by atoms with Gasteiger partial charge in [-0.2, -0.15) is 0 Å². The number of imidazole rings is 1. The van der Waals surface area contributed by atoms with Gasteiger partial charge < -0.3 is 16.0 Å². The maximum atomic E-state index is 12.1. The fourth-order valence-corrected chi connectivity index (χ4v) is 1.81. The summed E-state index contributed by atoms with van der Waals surface area (Å²) >= 11 is 0. The number of hydrogen-bond donors (Lipinski definition) is 3. The molecule has 6 nitrogen and oxygen atoms in total. The van der Waals surface area contributed by atoms with Crippen LogP contribution in [0.25, 0.3) is 0 Å². The Kier molecular flexibility index (Phi) is 5.50. The molecule has 0 aromatic carbocycles. The van der Waals surface area contributed by atoms with Crippen LogP contribution in [0.3, 0.4) is 0 Å². The lowest BCUT2D eigenvalue weighted by molar-refractivity contribution is 0.0948. The lowest BCUT2D eigenvalue weighted by atomic mass is 10.2. The highest BCUT2D eigenvalue weighted by atomic mass is 16.1. The summed E-state index contributed by atoms with van der Waals surface area (Å²) < 4.78 is 0. The van der Waals surface area contributed by atoms with Crippen molar-refractivity contribution in [3.8, 4) is 11.8 Å². The summed E-state index contributed by atoms with van der Waals surface area (Å²) in [6.45, 7) is 0.805. The standard InChI is InChI=1S/C15H17N5O/c16-7-1-4-12-5-2-8-19-14(12)15(21)20-9-3-6-13-17-10-11-18-13/h2,5,8,10-11H,3,6-7,9,16H2,(H,17,18)(H,20,21). The van der Waals surface area contributed by atoms with Crippen LogP contribution in [-0.4, -0.2) is 33.9 Å². The maximum Gasteiger partial charge on any atom is 0.271 e. The lowest BCUT2D eigenvalue weighted by Crippen LogP contribution is -2.26. The molecule has 1 amide bonds. The lowest BCUT2D eigenvalue weighted by Gasteiger charge is -2.05. The van der Waals surface area contributed by atoms with Crippen molar-refractivity contribution in [2.75, 3.05) is 13.1 Å². The van der Waals surface area contributed by atoms with E-state index in [1.54, 1.807) is 30.7 Å². The summed E-state index contributed by atoms with van der Waals surface area (Å²) in [6, 6.07) is 3.50. The second-order valence-electron chi connectivity index (χ2n) is 4.30. The number of rotatable bonds is 5. The van der Waals surface area contributed by atoms with Gasteiger partial charge in [-0.1, -0.05) is 11.8 Å². The molecule has 0 radical (unpaired) electrons. The average molecular weight is 283 g/mol. The number of pyridine rings is 1. The van der Waals surface area contributed by atoms with Crippen LogP contribution in [0.1, 0.15) is 28.3 Å². The fraction of sp³-hybridized carbons (Fsp3) is 0.267. The summed E-state index contributed by atoms with van der Waals surface area (Å²) in [4.78, 5) is 23.3. The van der Waals surface area contributed by atoms with E-state index >= 15 is 0 Å². The molecule has 0 aliphatic heterocycles. The number of carbonyl (C=O) groups excluding carboxylic acids is 1. The van der Waals surface area contributed by atoms with Gasteiger partial charge in [0, 0.05) is 31.6 Å². The average Bonchev–Trinajstić information content (AvgIpc) is 3.03. The zero-order chi connectivity index (χ0) is 14.9. The first-order valence-corrected chi connectivity index (χ1v) is 6.71. The second-order valence-corrected chi connectivity index (χ2v) is 4.30. The van der Waals surface area contributed by atoms with E-state index < -0.39 is 0 Å². The molecule has 2 aromatic heterocycles. The minimum absolute atomic E-state index is 0.226. The number of aromatic amines is 1. The monoisotopic (exact) mass is 283 g/mol. The first kappa shape index (κ1) is 14.8.